The van der Waals surface area contributed by atoms with Gasteiger partial charge in [-0.05, 0) is 59.7 Å². The van der Waals surface area contributed by atoms with E-state index in [-0.39, 0.29) is 22.8 Å². The second-order valence-electron chi connectivity index (χ2n) is 8.07. The fourth-order valence-electron chi connectivity index (χ4n) is 4.01. The predicted molar refractivity (Wildman–Crippen MR) is 120 cm³/mol. The van der Waals surface area contributed by atoms with Crippen LogP contribution in [0.4, 0.5) is 4.39 Å². The molecule has 0 fully saturated rings. The quantitative estimate of drug-likeness (QED) is 0.621. The molecule has 0 spiro atoms. The lowest BCUT2D eigenvalue weighted by atomic mass is 9.86. The molecular weight excluding hydrogens is 453 g/mol. The summed E-state index contributed by atoms with van der Waals surface area (Å²) in [6.07, 6.45) is 4.50. The monoisotopic (exact) mass is 475 g/mol. The minimum Gasteiger partial charge on any atom is -0.321 e. The van der Waals surface area contributed by atoms with Crippen molar-refractivity contribution in [1.82, 2.24) is 9.78 Å². The van der Waals surface area contributed by atoms with Crippen LogP contribution in [-0.4, -0.2) is 35.8 Å². The van der Waals surface area contributed by atoms with Crippen molar-refractivity contribution in [2.24, 2.45) is 5.73 Å². The van der Waals surface area contributed by atoms with Crippen molar-refractivity contribution in [1.29, 1.82) is 0 Å². The van der Waals surface area contributed by atoms with E-state index in [1.807, 2.05) is 19.1 Å². The highest BCUT2D eigenvalue weighted by atomic mass is 35.5. The van der Waals surface area contributed by atoms with Crippen LogP contribution >= 0.6 is 11.6 Å². The van der Waals surface area contributed by atoms with E-state index in [4.69, 9.17) is 17.3 Å². The van der Waals surface area contributed by atoms with Gasteiger partial charge in [0.05, 0.1) is 22.9 Å². The molecule has 4 rings (SSSR count). The second-order valence-corrected chi connectivity index (χ2v) is 10.5. The highest BCUT2D eigenvalue weighted by Crippen LogP contribution is 2.36. The summed E-state index contributed by atoms with van der Waals surface area (Å²) in [5.41, 5.74) is 8.21. The van der Waals surface area contributed by atoms with Crippen molar-refractivity contribution >= 4 is 27.2 Å². The molecule has 0 bridgehead atoms. The fourth-order valence-corrected chi connectivity index (χ4v) is 5.84. The van der Waals surface area contributed by atoms with Gasteiger partial charge in [0.2, 0.25) is 0 Å². The van der Waals surface area contributed by atoms with Gasteiger partial charge in [-0.3, -0.25) is 4.79 Å². The Bertz CT molecular complexity index is 1270. The van der Waals surface area contributed by atoms with Crippen molar-refractivity contribution in [2.45, 2.75) is 43.0 Å². The van der Waals surface area contributed by atoms with Crippen LogP contribution < -0.4 is 5.73 Å². The van der Waals surface area contributed by atoms with Gasteiger partial charge >= 0.3 is 0 Å². The number of ketones is 1. The third-order valence-electron chi connectivity index (χ3n) is 5.80. The van der Waals surface area contributed by atoms with Gasteiger partial charge in [-0.2, -0.15) is 5.10 Å². The number of hydrogen-bond donors (Lipinski definition) is 1. The number of carbonyl (C=O) groups excluding carboxylic acids is 1. The van der Waals surface area contributed by atoms with E-state index in [0.29, 0.717) is 17.0 Å². The molecule has 1 aliphatic heterocycles. The predicted octanol–water partition coefficient (Wildman–Crippen LogP) is 3.63. The van der Waals surface area contributed by atoms with Gasteiger partial charge in [0.25, 0.3) is 0 Å². The molecule has 32 heavy (non-hydrogen) atoms. The van der Waals surface area contributed by atoms with Gasteiger partial charge in [0.1, 0.15) is 11.5 Å². The minimum atomic E-state index is -3.97. The Morgan fingerprint density at radius 3 is 2.59 bits per heavy atom. The van der Waals surface area contributed by atoms with Crippen molar-refractivity contribution in [3.05, 3.63) is 76.3 Å². The van der Waals surface area contributed by atoms with Crippen molar-refractivity contribution in [2.75, 3.05) is 5.75 Å². The van der Waals surface area contributed by atoms with Crippen LogP contribution in [0.3, 0.4) is 0 Å². The van der Waals surface area contributed by atoms with E-state index in [1.165, 1.54) is 10.7 Å². The maximum Gasteiger partial charge on any atom is 0.180 e. The Morgan fingerprint density at radius 1 is 1.22 bits per heavy atom. The van der Waals surface area contributed by atoms with E-state index >= 15 is 4.39 Å². The topological polar surface area (TPSA) is 95.1 Å². The summed E-state index contributed by atoms with van der Waals surface area (Å²) < 4.78 is 42.6. The number of sulfone groups is 1. The number of Topliss-reactive ketones (excluding diaryl/α,β-unsaturated/α-hetero) is 1. The Morgan fingerprint density at radius 2 is 1.94 bits per heavy atom. The molecule has 2 N–H and O–H groups in total. The van der Waals surface area contributed by atoms with Gasteiger partial charge in [-0.25, -0.2) is 17.5 Å². The zero-order valence-electron chi connectivity index (χ0n) is 17.5. The summed E-state index contributed by atoms with van der Waals surface area (Å²) in [6.45, 7) is 1.96. The number of aryl methyl sites for hydroxylation is 1. The van der Waals surface area contributed by atoms with Gasteiger partial charge in [0, 0.05) is 17.6 Å². The third-order valence-corrected chi connectivity index (χ3v) is 7.87. The fraction of sp³-hybridized carbons (Fsp3) is 0.304. The number of rotatable bonds is 4. The molecule has 1 aliphatic rings. The van der Waals surface area contributed by atoms with E-state index in [1.54, 1.807) is 24.5 Å². The van der Waals surface area contributed by atoms with Gasteiger partial charge < -0.3 is 5.73 Å². The first-order valence-corrected chi connectivity index (χ1v) is 12.3. The first-order valence-electron chi connectivity index (χ1n) is 10.3. The number of hydrogen-bond acceptors (Lipinski definition) is 5. The molecule has 6 nitrogen and oxygen atoms in total. The number of nitrogens with zero attached hydrogens (tertiary/aromatic N) is 2. The van der Waals surface area contributed by atoms with Crippen LogP contribution in [0.2, 0.25) is 5.02 Å². The highest BCUT2D eigenvalue weighted by molar-refractivity contribution is 7.91. The zero-order chi connectivity index (χ0) is 23.0. The van der Waals surface area contributed by atoms with Crippen LogP contribution in [0.5, 0.6) is 0 Å². The molecule has 9 heteroatoms. The number of halogens is 2. The van der Waals surface area contributed by atoms with E-state index in [0.717, 1.165) is 23.6 Å². The van der Waals surface area contributed by atoms with Crippen LogP contribution in [0, 0.1) is 5.82 Å². The lowest BCUT2D eigenvalue weighted by Crippen LogP contribution is -2.40. The summed E-state index contributed by atoms with van der Waals surface area (Å²) in [7, 11) is -3.97. The molecule has 2 atom stereocenters. The smallest absolute Gasteiger partial charge is 0.180 e. The lowest BCUT2D eigenvalue weighted by molar-refractivity contribution is -0.120. The Labute approximate surface area is 191 Å². The summed E-state index contributed by atoms with van der Waals surface area (Å²) in [5, 5.41) is 4.79. The maximum absolute atomic E-state index is 15.1. The highest BCUT2D eigenvalue weighted by Gasteiger charge is 2.34. The summed E-state index contributed by atoms with van der Waals surface area (Å²) in [5.74, 6) is -2.09. The average Bonchev–Trinajstić information content (AvgIpc) is 3.22. The van der Waals surface area contributed by atoms with Crippen LogP contribution in [0.15, 0.2) is 53.7 Å². The van der Waals surface area contributed by atoms with Crippen molar-refractivity contribution in [3.63, 3.8) is 0 Å². The first kappa shape index (κ1) is 22.6. The molecule has 168 valence electrons. The van der Waals surface area contributed by atoms with Gasteiger partial charge in [-0.1, -0.05) is 30.7 Å². The minimum absolute atomic E-state index is 0.0523. The summed E-state index contributed by atoms with van der Waals surface area (Å²) in [4.78, 5) is 12.6. The van der Waals surface area contributed by atoms with Gasteiger partial charge in [-0.15, -0.1) is 0 Å². The molecule has 2 aromatic carbocycles. The first-order chi connectivity index (χ1) is 15.2. The Balaban J connectivity index is 1.89. The zero-order valence-corrected chi connectivity index (χ0v) is 19.0. The summed E-state index contributed by atoms with van der Waals surface area (Å²) >= 11 is 5.98. The van der Waals surface area contributed by atoms with E-state index < -0.39 is 33.4 Å². The molecular formula is C23H23ClFN3O3S. The van der Waals surface area contributed by atoms with Crippen molar-refractivity contribution < 1.29 is 17.6 Å². The van der Waals surface area contributed by atoms with Crippen LogP contribution in [-0.2, 0) is 27.5 Å². The van der Waals surface area contributed by atoms with Crippen LogP contribution in [0.1, 0.15) is 36.0 Å². The molecule has 0 aliphatic carbocycles. The molecule has 1 unspecified atom stereocenters. The standard InChI is InChI=1S/C23H23ClFN3O3S/c1-2-14-11-27-28(12-14)21-9-18-16(7-15-3-5-17(24)6-4-15)8-22(29)20(26)13-32(30,31)23(18)10-19(21)25/h3-6,9-12,16,20H,2,7-8,13,26H2,1H3/t16?,20-/m0/s1. The SMILES string of the molecule is CCc1cnn(-c2cc3c(cc2F)S(=O)(=O)C[C@H](N)C(=O)CC3Cc2ccc(Cl)cc2)c1. The number of fused-ring (bicyclic) bond motifs is 1. The van der Waals surface area contributed by atoms with E-state index in [2.05, 4.69) is 5.10 Å². The number of nitrogens with two attached hydrogens (primary N) is 1. The lowest BCUT2D eigenvalue weighted by Gasteiger charge is -2.26. The number of aromatic nitrogens is 2. The molecule has 2 heterocycles. The van der Waals surface area contributed by atoms with Crippen LogP contribution in [0.25, 0.3) is 5.69 Å². The third kappa shape index (κ3) is 4.48. The second kappa shape index (κ2) is 8.77. The average molecular weight is 476 g/mol. The van der Waals surface area contributed by atoms with Gasteiger partial charge in [0.15, 0.2) is 15.6 Å². The Hall–Kier alpha value is -2.55. The van der Waals surface area contributed by atoms with Crippen molar-refractivity contribution in [3.8, 4) is 5.69 Å². The largest absolute Gasteiger partial charge is 0.321 e. The maximum atomic E-state index is 15.1. The summed E-state index contributed by atoms with van der Waals surface area (Å²) in [6, 6.07) is 8.50. The number of carbonyl (C=O) groups is 1. The molecule has 0 saturated carbocycles. The normalized spacial score (nSPS) is 20.4. The molecule has 1 aromatic heterocycles. The molecule has 0 saturated heterocycles. The molecule has 0 amide bonds. The molecule has 0 radical (unpaired) electrons. The number of benzene rings is 2. The van der Waals surface area contributed by atoms with E-state index in [9.17, 15) is 13.2 Å². The Kier molecular flexibility index (Phi) is 6.20. The molecule has 3 aromatic rings.